The van der Waals surface area contributed by atoms with Gasteiger partial charge in [-0.25, -0.2) is 14.5 Å². The Bertz CT molecular complexity index is 682. The van der Waals surface area contributed by atoms with E-state index < -0.39 is 5.97 Å². The topological polar surface area (TPSA) is 75.5 Å². The molecule has 2 heterocycles. The van der Waals surface area contributed by atoms with Crippen LogP contribution in [0.4, 0.5) is 0 Å². The molecule has 0 atom stereocenters. The number of hydrogen-bond donors (Lipinski definition) is 0. The maximum Gasteiger partial charge on any atom is 0.343 e. The maximum atomic E-state index is 12.2. The Balaban J connectivity index is 2.50. The Morgan fingerprint density at radius 2 is 2.00 bits per heavy atom. The normalized spacial score (nSPS) is 11.0. The summed E-state index contributed by atoms with van der Waals surface area (Å²) in [5, 5.41) is 5.05. The lowest BCUT2D eigenvalue weighted by molar-refractivity contribution is 0.0521. The highest BCUT2D eigenvalue weighted by atomic mass is 16.5. The molecule has 0 saturated carbocycles. The molecule has 0 aliphatic heterocycles. The van der Waals surface area contributed by atoms with Crippen molar-refractivity contribution in [1.29, 1.82) is 0 Å². The van der Waals surface area contributed by atoms with Gasteiger partial charge in [0, 0.05) is 6.61 Å². The smallest absolute Gasteiger partial charge is 0.343 e. The van der Waals surface area contributed by atoms with Crippen molar-refractivity contribution < 1.29 is 19.0 Å². The number of aryl methyl sites for hydroxylation is 1. The lowest BCUT2D eigenvalue weighted by Crippen LogP contribution is -2.13. The van der Waals surface area contributed by atoms with Gasteiger partial charge in [0.25, 0.3) is 0 Å². The molecular weight excluding hydrogens is 298 g/mol. The molecule has 7 nitrogen and oxygen atoms in total. The fourth-order valence-electron chi connectivity index (χ4n) is 2.37. The van der Waals surface area contributed by atoms with E-state index in [1.54, 1.807) is 24.7 Å². The van der Waals surface area contributed by atoms with Gasteiger partial charge in [0.2, 0.25) is 0 Å². The molecule has 0 unspecified atom stereocenters. The van der Waals surface area contributed by atoms with Gasteiger partial charge in [-0.1, -0.05) is 0 Å². The third-order valence-electron chi connectivity index (χ3n) is 3.34. The fraction of sp³-hybridized carbons (Fsp3) is 0.562. The van der Waals surface area contributed by atoms with E-state index in [-0.39, 0.29) is 0 Å². The fourth-order valence-corrected chi connectivity index (χ4v) is 2.37. The summed E-state index contributed by atoms with van der Waals surface area (Å²) in [5.74, 6) is 0.0565. The molecule has 0 fully saturated rings. The molecule has 0 aliphatic carbocycles. The van der Waals surface area contributed by atoms with Crippen molar-refractivity contribution in [3.8, 4) is 5.75 Å². The number of ether oxygens (including phenoxy) is 3. The summed E-state index contributed by atoms with van der Waals surface area (Å²) in [4.78, 5) is 16.8. The van der Waals surface area contributed by atoms with Crippen LogP contribution >= 0.6 is 0 Å². The first-order valence-electron chi connectivity index (χ1n) is 7.87. The van der Waals surface area contributed by atoms with Gasteiger partial charge in [0.15, 0.2) is 5.65 Å². The summed E-state index contributed by atoms with van der Waals surface area (Å²) in [5.41, 5.74) is 1.61. The number of fused-ring (bicyclic) bond motifs is 1. The lowest BCUT2D eigenvalue weighted by atomic mass is 10.1. The molecule has 2 rings (SSSR count). The molecule has 0 aliphatic rings. The number of pyridine rings is 1. The number of aromatic nitrogens is 3. The zero-order valence-corrected chi connectivity index (χ0v) is 14.1. The van der Waals surface area contributed by atoms with Gasteiger partial charge in [-0.15, -0.1) is 0 Å². The van der Waals surface area contributed by atoms with Gasteiger partial charge in [0.1, 0.15) is 11.3 Å². The van der Waals surface area contributed by atoms with E-state index in [9.17, 15) is 4.79 Å². The van der Waals surface area contributed by atoms with E-state index in [0.29, 0.717) is 61.0 Å². The second kappa shape index (κ2) is 7.92. The van der Waals surface area contributed by atoms with Crippen LogP contribution in [-0.4, -0.2) is 47.2 Å². The Kier molecular flexibility index (Phi) is 5.92. The van der Waals surface area contributed by atoms with Crippen LogP contribution in [0.3, 0.4) is 0 Å². The van der Waals surface area contributed by atoms with E-state index in [1.807, 2.05) is 13.8 Å². The highest BCUT2D eigenvalue weighted by Gasteiger charge is 2.23. The molecule has 0 bridgehead atoms. The average Bonchev–Trinajstić information content (AvgIpc) is 2.91. The third-order valence-corrected chi connectivity index (χ3v) is 3.34. The minimum atomic E-state index is -0.426. The molecule has 126 valence electrons. The Hall–Kier alpha value is -2.15. The monoisotopic (exact) mass is 321 g/mol. The SMILES string of the molecule is CCOCCn1ncc2c(OCC)c(C(=O)OCC)c(C)nc21. The Morgan fingerprint density at radius 1 is 1.22 bits per heavy atom. The van der Waals surface area contributed by atoms with E-state index in [1.165, 1.54) is 0 Å². The largest absolute Gasteiger partial charge is 0.492 e. The number of hydrogen-bond acceptors (Lipinski definition) is 6. The number of carbonyl (C=O) groups is 1. The van der Waals surface area contributed by atoms with E-state index in [0.717, 1.165) is 0 Å². The molecule has 0 spiro atoms. The van der Waals surface area contributed by atoms with E-state index in [2.05, 4.69) is 10.1 Å². The van der Waals surface area contributed by atoms with E-state index >= 15 is 0 Å². The summed E-state index contributed by atoms with van der Waals surface area (Å²) in [7, 11) is 0. The van der Waals surface area contributed by atoms with Crippen LogP contribution in [-0.2, 0) is 16.0 Å². The molecule has 23 heavy (non-hydrogen) atoms. The van der Waals surface area contributed by atoms with Crippen LogP contribution in [0.5, 0.6) is 5.75 Å². The molecule has 0 aromatic carbocycles. The first kappa shape index (κ1) is 17.2. The molecule has 2 aromatic rings. The van der Waals surface area contributed by atoms with Crippen molar-refractivity contribution in [1.82, 2.24) is 14.8 Å². The van der Waals surface area contributed by atoms with Crippen molar-refractivity contribution in [2.45, 2.75) is 34.2 Å². The van der Waals surface area contributed by atoms with Gasteiger partial charge in [-0.05, 0) is 27.7 Å². The summed E-state index contributed by atoms with van der Waals surface area (Å²) < 4.78 is 18.0. The predicted octanol–water partition coefficient (Wildman–Crippen LogP) is 2.35. The Labute approximate surface area is 135 Å². The first-order chi connectivity index (χ1) is 11.1. The van der Waals surface area contributed by atoms with Crippen LogP contribution in [0, 0.1) is 6.92 Å². The number of esters is 1. The number of nitrogens with zero attached hydrogens (tertiary/aromatic N) is 3. The second-order valence-electron chi connectivity index (χ2n) is 4.86. The second-order valence-corrected chi connectivity index (χ2v) is 4.86. The maximum absolute atomic E-state index is 12.2. The zero-order valence-electron chi connectivity index (χ0n) is 14.1. The van der Waals surface area contributed by atoms with Crippen molar-refractivity contribution in [2.24, 2.45) is 0 Å². The molecule has 2 aromatic heterocycles. The summed E-state index contributed by atoms with van der Waals surface area (Å²) in [6.45, 7) is 9.90. The summed E-state index contributed by atoms with van der Waals surface area (Å²) in [6, 6.07) is 0. The van der Waals surface area contributed by atoms with Crippen LogP contribution in [0.2, 0.25) is 0 Å². The van der Waals surface area contributed by atoms with Crippen molar-refractivity contribution >= 4 is 17.0 Å². The van der Waals surface area contributed by atoms with Crippen LogP contribution in [0.15, 0.2) is 6.20 Å². The third kappa shape index (κ3) is 3.61. The molecule has 0 N–H and O–H groups in total. The van der Waals surface area contributed by atoms with Crippen molar-refractivity contribution in [3.05, 3.63) is 17.5 Å². The van der Waals surface area contributed by atoms with E-state index in [4.69, 9.17) is 14.2 Å². The van der Waals surface area contributed by atoms with Crippen LogP contribution in [0.1, 0.15) is 36.8 Å². The summed E-state index contributed by atoms with van der Waals surface area (Å²) >= 11 is 0. The summed E-state index contributed by atoms with van der Waals surface area (Å²) in [6.07, 6.45) is 1.67. The van der Waals surface area contributed by atoms with Gasteiger partial charge in [0.05, 0.1) is 43.6 Å². The van der Waals surface area contributed by atoms with Gasteiger partial charge in [-0.3, -0.25) is 0 Å². The van der Waals surface area contributed by atoms with Crippen molar-refractivity contribution in [2.75, 3.05) is 26.4 Å². The van der Waals surface area contributed by atoms with Crippen LogP contribution < -0.4 is 4.74 Å². The molecule has 7 heteroatoms. The standard InChI is InChI=1S/C16H23N3O4/c1-5-21-9-8-19-15-12(10-17-19)14(22-6-2)13(11(4)18-15)16(20)23-7-3/h10H,5-9H2,1-4H3. The zero-order chi connectivity index (χ0) is 16.8. The highest BCUT2D eigenvalue weighted by molar-refractivity contribution is 6.00. The lowest BCUT2D eigenvalue weighted by Gasteiger charge is -2.13. The quantitative estimate of drug-likeness (QED) is 0.549. The predicted molar refractivity (Wildman–Crippen MR) is 85.9 cm³/mol. The van der Waals surface area contributed by atoms with Crippen molar-refractivity contribution in [3.63, 3.8) is 0 Å². The molecule has 0 radical (unpaired) electrons. The number of rotatable bonds is 8. The minimum Gasteiger partial charge on any atom is -0.492 e. The molecule has 0 amide bonds. The van der Waals surface area contributed by atoms with Gasteiger partial charge < -0.3 is 14.2 Å². The van der Waals surface area contributed by atoms with Crippen LogP contribution in [0.25, 0.3) is 11.0 Å². The Morgan fingerprint density at radius 3 is 2.65 bits per heavy atom. The average molecular weight is 321 g/mol. The molecule has 0 saturated heterocycles. The van der Waals surface area contributed by atoms with Gasteiger partial charge >= 0.3 is 5.97 Å². The first-order valence-corrected chi connectivity index (χ1v) is 7.87. The van der Waals surface area contributed by atoms with Gasteiger partial charge in [-0.2, -0.15) is 5.10 Å². The molecular formula is C16H23N3O4. The highest BCUT2D eigenvalue weighted by Crippen LogP contribution is 2.31. The minimum absolute atomic E-state index is 0.301. The number of carbonyl (C=O) groups excluding carboxylic acids is 1.